The van der Waals surface area contributed by atoms with Crippen molar-refractivity contribution in [2.75, 3.05) is 6.54 Å². The molecule has 0 saturated heterocycles. The van der Waals surface area contributed by atoms with Crippen molar-refractivity contribution in [1.82, 2.24) is 0 Å². The van der Waals surface area contributed by atoms with Gasteiger partial charge >= 0.3 is 5.97 Å². The summed E-state index contributed by atoms with van der Waals surface area (Å²) >= 11 is 0. The van der Waals surface area contributed by atoms with E-state index >= 15 is 0 Å². The van der Waals surface area contributed by atoms with Crippen LogP contribution in [0.25, 0.3) is 31.7 Å². The van der Waals surface area contributed by atoms with Crippen LogP contribution in [0, 0.1) is 0 Å². The highest BCUT2D eigenvalue weighted by Gasteiger charge is 2.13. The molecule has 0 aromatic heterocycles. The molecule has 0 heterocycles. The molecule has 1 atom stereocenters. The number of esters is 1. The molecule has 2 aromatic rings. The van der Waals surface area contributed by atoms with E-state index in [9.17, 15) is 4.79 Å². The number of carbonyl (C=O) groups excluding carboxylic acids is 1. The molecule has 0 spiro atoms. The molecule has 0 saturated carbocycles. The van der Waals surface area contributed by atoms with E-state index in [0.717, 1.165) is 10.8 Å². The van der Waals surface area contributed by atoms with Crippen molar-refractivity contribution in [3.63, 3.8) is 0 Å². The quantitative estimate of drug-likeness (QED) is 0.261. The first-order valence-corrected chi connectivity index (χ1v) is 6.47. The summed E-state index contributed by atoms with van der Waals surface area (Å²) in [7, 11) is 0. The molecule has 0 radical (unpaired) electrons. The average Bonchev–Trinajstić information content (AvgIpc) is 2.52. The molecule has 0 aliphatic heterocycles. The molecular formula is C14H12N6O2. The maximum absolute atomic E-state index is 11.9. The highest BCUT2D eigenvalue weighted by Crippen LogP contribution is 2.21. The van der Waals surface area contributed by atoms with Gasteiger partial charge in [-0.3, -0.25) is 4.79 Å². The molecule has 0 aliphatic rings. The van der Waals surface area contributed by atoms with Crippen molar-refractivity contribution < 1.29 is 9.53 Å². The van der Waals surface area contributed by atoms with Crippen molar-refractivity contribution in [3.05, 3.63) is 63.4 Å². The molecule has 0 amide bonds. The van der Waals surface area contributed by atoms with Crippen LogP contribution in [0.4, 0.5) is 0 Å². The van der Waals surface area contributed by atoms with Crippen molar-refractivity contribution in [2.45, 2.75) is 12.5 Å². The molecule has 0 aliphatic carbocycles. The van der Waals surface area contributed by atoms with Crippen LogP contribution in [-0.2, 0) is 4.79 Å². The van der Waals surface area contributed by atoms with Gasteiger partial charge in [-0.15, -0.1) is 0 Å². The number of ether oxygens (including phenoxy) is 1. The van der Waals surface area contributed by atoms with Crippen LogP contribution in [0.3, 0.4) is 0 Å². The smallest absolute Gasteiger partial charge is 0.311 e. The van der Waals surface area contributed by atoms with Crippen LogP contribution in [0.5, 0.6) is 5.75 Å². The maximum atomic E-state index is 11.9. The molecule has 0 N–H and O–H groups in total. The summed E-state index contributed by atoms with van der Waals surface area (Å²) in [5.41, 5.74) is 16.7. The summed E-state index contributed by atoms with van der Waals surface area (Å²) in [5.74, 6) is -0.145. The molecule has 8 nitrogen and oxygen atoms in total. The van der Waals surface area contributed by atoms with Crippen LogP contribution in [-0.4, -0.2) is 18.6 Å². The molecule has 2 rings (SSSR count). The van der Waals surface area contributed by atoms with Gasteiger partial charge in [0, 0.05) is 16.4 Å². The Morgan fingerprint density at radius 2 is 1.91 bits per heavy atom. The summed E-state index contributed by atoms with van der Waals surface area (Å²) in [6.45, 7) is -0.0899. The molecule has 22 heavy (non-hydrogen) atoms. The van der Waals surface area contributed by atoms with Crippen LogP contribution in [0.2, 0.25) is 0 Å². The minimum absolute atomic E-state index is 0.0899. The Kier molecular flexibility index (Phi) is 5.20. The Morgan fingerprint density at radius 3 is 2.64 bits per heavy atom. The highest BCUT2D eigenvalue weighted by atomic mass is 16.5. The fourth-order valence-electron chi connectivity index (χ4n) is 1.94. The first kappa shape index (κ1) is 15.2. The Balaban J connectivity index is 2.05. The third-order valence-corrected chi connectivity index (χ3v) is 2.93. The second kappa shape index (κ2) is 7.54. The van der Waals surface area contributed by atoms with E-state index in [1.165, 1.54) is 0 Å². The lowest BCUT2D eigenvalue weighted by Gasteiger charge is -2.08. The third-order valence-electron chi connectivity index (χ3n) is 2.93. The molecular weight excluding hydrogens is 284 g/mol. The zero-order valence-corrected chi connectivity index (χ0v) is 11.5. The van der Waals surface area contributed by atoms with Gasteiger partial charge in [0.25, 0.3) is 0 Å². The van der Waals surface area contributed by atoms with Gasteiger partial charge in [-0.1, -0.05) is 40.6 Å². The molecule has 1 unspecified atom stereocenters. The van der Waals surface area contributed by atoms with Crippen molar-refractivity contribution in [1.29, 1.82) is 0 Å². The standard InChI is InChI=1S/C14H12N6O2/c15-19-17-9-12(18-20-16)8-14(21)22-13-6-5-10-3-1-2-4-11(10)7-13/h1-7,12H,8-9H2. The van der Waals surface area contributed by atoms with Crippen LogP contribution in [0.1, 0.15) is 6.42 Å². The predicted octanol–water partition coefficient (Wildman–Crippen LogP) is 4.12. The zero-order valence-electron chi connectivity index (χ0n) is 11.5. The van der Waals surface area contributed by atoms with Gasteiger partial charge in [0.2, 0.25) is 0 Å². The van der Waals surface area contributed by atoms with Gasteiger partial charge in [0.15, 0.2) is 0 Å². The predicted molar refractivity (Wildman–Crippen MR) is 81.1 cm³/mol. The van der Waals surface area contributed by atoms with Crippen molar-refractivity contribution in [2.24, 2.45) is 10.2 Å². The first-order chi connectivity index (χ1) is 10.7. The van der Waals surface area contributed by atoms with E-state index in [0.29, 0.717) is 5.75 Å². The number of fused-ring (bicyclic) bond motifs is 1. The van der Waals surface area contributed by atoms with E-state index in [1.54, 1.807) is 12.1 Å². The molecule has 2 aromatic carbocycles. The number of azide groups is 2. The summed E-state index contributed by atoms with van der Waals surface area (Å²) in [6.07, 6.45) is -0.157. The largest absolute Gasteiger partial charge is 0.426 e. The topological polar surface area (TPSA) is 124 Å². The Morgan fingerprint density at radius 1 is 1.14 bits per heavy atom. The fraction of sp³-hybridized carbons (Fsp3) is 0.214. The van der Waals surface area contributed by atoms with E-state index in [-0.39, 0.29) is 13.0 Å². The monoisotopic (exact) mass is 296 g/mol. The zero-order chi connectivity index (χ0) is 15.8. The van der Waals surface area contributed by atoms with Gasteiger partial charge in [0.05, 0.1) is 12.5 Å². The number of hydrogen-bond donors (Lipinski definition) is 0. The molecule has 0 fully saturated rings. The van der Waals surface area contributed by atoms with E-state index < -0.39 is 12.0 Å². The number of rotatable bonds is 6. The molecule has 110 valence electrons. The van der Waals surface area contributed by atoms with Crippen molar-refractivity contribution in [3.8, 4) is 5.75 Å². The fourth-order valence-corrected chi connectivity index (χ4v) is 1.94. The second-order valence-corrected chi connectivity index (χ2v) is 4.46. The van der Waals surface area contributed by atoms with Crippen LogP contribution >= 0.6 is 0 Å². The van der Waals surface area contributed by atoms with E-state index in [2.05, 4.69) is 20.1 Å². The average molecular weight is 296 g/mol. The van der Waals surface area contributed by atoms with E-state index in [1.807, 2.05) is 30.3 Å². The van der Waals surface area contributed by atoms with Crippen molar-refractivity contribution >= 4 is 16.7 Å². The number of nitrogens with zero attached hydrogens (tertiary/aromatic N) is 6. The van der Waals surface area contributed by atoms with Gasteiger partial charge in [-0.2, -0.15) is 0 Å². The number of carbonyl (C=O) groups is 1. The lowest BCUT2D eigenvalue weighted by Crippen LogP contribution is -2.18. The third kappa shape index (κ3) is 4.14. The lowest BCUT2D eigenvalue weighted by atomic mass is 10.1. The normalized spacial score (nSPS) is 11.1. The van der Waals surface area contributed by atoms with Crippen LogP contribution in [0.15, 0.2) is 52.7 Å². The minimum Gasteiger partial charge on any atom is -0.426 e. The SMILES string of the molecule is [N-]=[N+]=NCC(CC(=O)Oc1ccc2ccccc2c1)N=[N+]=[N-]. The number of hydrogen-bond acceptors (Lipinski definition) is 4. The minimum atomic E-state index is -0.756. The Labute approximate surface area is 125 Å². The van der Waals surface area contributed by atoms with Gasteiger partial charge in [-0.25, -0.2) is 0 Å². The Hall–Kier alpha value is -3.21. The van der Waals surface area contributed by atoms with Gasteiger partial charge < -0.3 is 4.74 Å². The van der Waals surface area contributed by atoms with Gasteiger partial charge in [0.1, 0.15) is 5.75 Å². The highest BCUT2D eigenvalue weighted by molar-refractivity contribution is 5.84. The van der Waals surface area contributed by atoms with Gasteiger partial charge in [-0.05, 0) is 34.0 Å². The summed E-state index contributed by atoms with van der Waals surface area (Å²) in [5, 5.41) is 8.70. The summed E-state index contributed by atoms with van der Waals surface area (Å²) in [6, 6.07) is 12.2. The second-order valence-electron chi connectivity index (χ2n) is 4.46. The van der Waals surface area contributed by atoms with E-state index in [4.69, 9.17) is 15.8 Å². The summed E-state index contributed by atoms with van der Waals surface area (Å²) < 4.78 is 5.22. The molecule has 0 bridgehead atoms. The maximum Gasteiger partial charge on any atom is 0.311 e. The lowest BCUT2D eigenvalue weighted by molar-refractivity contribution is -0.134. The summed E-state index contributed by atoms with van der Waals surface area (Å²) in [4.78, 5) is 17.1. The first-order valence-electron chi connectivity index (χ1n) is 6.47. The number of benzene rings is 2. The Bertz CT molecular complexity index is 778. The van der Waals surface area contributed by atoms with Crippen LogP contribution < -0.4 is 4.74 Å². The molecule has 8 heteroatoms.